The van der Waals surface area contributed by atoms with Gasteiger partial charge in [-0.2, -0.15) is 0 Å². The van der Waals surface area contributed by atoms with Gasteiger partial charge in [0.25, 0.3) is 0 Å². The van der Waals surface area contributed by atoms with Crippen molar-refractivity contribution in [3.63, 3.8) is 0 Å². The highest BCUT2D eigenvalue weighted by molar-refractivity contribution is 9.10. The Morgan fingerprint density at radius 1 is 1.11 bits per heavy atom. The van der Waals surface area contributed by atoms with E-state index in [1.165, 1.54) is 0 Å². The lowest BCUT2D eigenvalue weighted by atomic mass is 9.95. The molecule has 0 unspecified atom stereocenters. The van der Waals surface area contributed by atoms with Crippen molar-refractivity contribution < 1.29 is 4.74 Å². The van der Waals surface area contributed by atoms with Crippen LogP contribution in [0.1, 0.15) is 26.6 Å². The van der Waals surface area contributed by atoms with Crippen molar-refractivity contribution in [3.8, 4) is 17.0 Å². The van der Waals surface area contributed by atoms with E-state index in [0.29, 0.717) is 0 Å². The third-order valence-corrected chi connectivity index (χ3v) is 3.14. The van der Waals surface area contributed by atoms with E-state index in [1.54, 1.807) is 7.11 Å². The molecule has 0 atom stereocenters. The van der Waals surface area contributed by atoms with Crippen molar-refractivity contribution in [1.82, 2.24) is 9.97 Å². The van der Waals surface area contributed by atoms with Gasteiger partial charge >= 0.3 is 0 Å². The van der Waals surface area contributed by atoms with Gasteiger partial charge in [0.1, 0.15) is 16.2 Å². The monoisotopic (exact) mass is 320 g/mol. The molecule has 1 aromatic carbocycles. The van der Waals surface area contributed by atoms with Gasteiger partial charge in [-0.3, -0.25) is 0 Å². The molecule has 0 amide bonds. The average Bonchev–Trinajstić information content (AvgIpc) is 2.37. The van der Waals surface area contributed by atoms with Gasteiger partial charge in [-0.25, -0.2) is 9.97 Å². The lowest BCUT2D eigenvalue weighted by Crippen LogP contribution is -2.16. The first-order chi connectivity index (χ1) is 8.90. The topological polar surface area (TPSA) is 35.0 Å². The van der Waals surface area contributed by atoms with Crippen LogP contribution in [-0.4, -0.2) is 17.1 Å². The molecule has 0 N–H and O–H groups in total. The van der Waals surface area contributed by atoms with E-state index in [9.17, 15) is 0 Å². The summed E-state index contributed by atoms with van der Waals surface area (Å²) in [4.78, 5) is 9.10. The Balaban J connectivity index is 2.53. The van der Waals surface area contributed by atoms with Gasteiger partial charge in [0.05, 0.1) is 12.8 Å². The van der Waals surface area contributed by atoms with Gasteiger partial charge in [-0.15, -0.1) is 0 Å². The molecule has 0 aliphatic heterocycles. The number of hydrogen-bond donors (Lipinski definition) is 0. The van der Waals surface area contributed by atoms with Crippen molar-refractivity contribution in [2.75, 3.05) is 7.11 Å². The van der Waals surface area contributed by atoms with Crippen LogP contribution in [-0.2, 0) is 5.41 Å². The molecule has 0 spiro atoms. The average molecular weight is 321 g/mol. The quantitative estimate of drug-likeness (QED) is 0.777. The molecule has 100 valence electrons. The maximum Gasteiger partial charge on any atom is 0.135 e. The van der Waals surface area contributed by atoms with Crippen LogP contribution in [0.25, 0.3) is 11.3 Å². The lowest BCUT2D eigenvalue weighted by Gasteiger charge is -2.17. The van der Waals surface area contributed by atoms with Crippen molar-refractivity contribution in [1.29, 1.82) is 0 Å². The zero-order chi connectivity index (χ0) is 14.0. The summed E-state index contributed by atoms with van der Waals surface area (Å²) in [5.74, 6) is 1.64. The number of aromatic nitrogens is 2. The Morgan fingerprint density at radius 2 is 1.84 bits per heavy atom. The number of ether oxygens (including phenoxy) is 1. The zero-order valence-corrected chi connectivity index (χ0v) is 13.2. The highest BCUT2D eigenvalue weighted by atomic mass is 79.9. The minimum Gasteiger partial charge on any atom is -0.497 e. The fourth-order valence-electron chi connectivity index (χ4n) is 1.68. The van der Waals surface area contributed by atoms with E-state index in [2.05, 4.69) is 46.7 Å². The highest BCUT2D eigenvalue weighted by Crippen LogP contribution is 2.27. The second-order valence-corrected chi connectivity index (χ2v) is 6.19. The molecule has 3 nitrogen and oxygen atoms in total. The molecule has 2 rings (SSSR count). The van der Waals surface area contributed by atoms with Gasteiger partial charge in [0.15, 0.2) is 0 Å². The summed E-state index contributed by atoms with van der Waals surface area (Å²) >= 11 is 3.46. The molecule has 0 aliphatic rings. The second kappa shape index (κ2) is 5.29. The standard InChI is InChI=1S/C15H17BrN2O/c1-15(2,3)14-17-12(9-13(16)18-14)10-6-5-7-11(8-10)19-4/h5-9H,1-4H3. The molecule has 1 aromatic heterocycles. The minimum atomic E-state index is -0.0859. The van der Waals surface area contributed by atoms with Crippen LogP contribution < -0.4 is 4.74 Å². The smallest absolute Gasteiger partial charge is 0.135 e. The first-order valence-corrected chi connectivity index (χ1v) is 6.89. The maximum absolute atomic E-state index is 5.25. The summed E-state index contributed by atoms with van der Waals surface area (Å²) in [6.07, 6.45) is 0. The third kappa shape index (κ3) is 3.32. The third-order valence-electron chi connectivity index (χ3n) is 2.73. The van der Waals surface area contributed by atoms with Crippen LogP contribution in [0, 0.1) is 0 Å². The molecule has 0 radical (unpaired) electrons. The molecule has 1 heterocycles. The molecule has 0 bridgehead atoms. The number of benzene rings is 1. The molecule has 0 fully saturated rings. The van der Waals surface area contributed by atoms with E-state index < -0.39 is 0 Å². The van der Waals surface area contributed by atoms with Crippen molar-refractivity contribution in [3.05, 3.63) is 40.8 Å². The Morgan fingerprint density at radius 3 is 2.47 bits per heavy atom. The number of methoxy groups -OCH3 is 1. The minimum absolute atomic E-state index is 0.0859. The number of rotatable bonds is 2. The molecule has 0 saturated carbocycles. The van der Waals surface area contributed by atoms with E-state index in [-0.39, 0.29) is 5.41 Å². The van der Waals surface area contributed by atoms with Gasteiger partial charge in [0.2, 0.25) is 0 Å². The largest absolute Gasteiger partial charge is 0.497 e. The summed E-state index contributed by atoms with van der Waals surface area (Å²) in [5.41, 5.74) is 1.83. The van der Waals surface area contributed by atoms with E-state index in [1.807, 2.05) is 30.3 Å². The van der Waals surface area contributed by atoms with E-state index >= 15 is 0 Å². The van der Waals surface area contributed by atoms with Crippen molar-refractivity contribution in [2.45, 2.75) is 26.2 Å². The Kier molecular flexibility index (Phi) is 3.90. The van der Waals surface area contributed by atoms with E-state index in [4.69, 9.17) is 4.74 Å². The predicted molar refractivity (Wildman–Crippen MR) is 80.4 cm³/mol. The molecular formula is C15H17BrN2O. The van der Waals surface area contributed by atoms with Crippen LogP contribution in [0.4, 0.5) is 0 Å². The van der Waals surface area contributed by atoms with Gasteiger partial charge in [-0.05, 0) is 34.1 Å². The predicted octanol–water partition coefficient (Wildman–Crippen LogP) is 4.21. The van der Waals surface area contributed by atoms with Crippen LogP contribution in [0.2, 0.25) is 0 Å². The van der Waals surface area contributed by atoms with Gasteiger partial charge < -0.3 is 4.74 Å². The van der Waals surface area contributed by atoms with Crippen molar-refractivity contribution in [2.24, 2.45) is 0 Å². The summed E-state index contributed by atoms with van der Waals surface area (Å²) < 4.78 is 6.05. The normalized spacial score (nSPS) is 11.4. The Labute approximate surface area is 122 Å². The molecule has 19 heavy (non-hydrogen) atoms. The number of hydrogen-bond acceptors (Lipinski definition) is 3. The fourth-order valence-corrected chi connectivity index (χ4v) is 2.07. The lowest BCUT2D eigenvalue weighted by molar-refractivity contribution is 0.415. The summed E-state index contributed by atoms with van der Waals surface area (Å²) in [7, 11) is 1.66. The molecule has 2 aromatic rings. The Hall–Kier alpha value is -1.42. The van der Waals surface area contributed by atoms with Crippen molar-refractivity contribution >= 4 is 15.9 Å². The van der Waals surface area contributed by atoms with Crippen LogP contribution in [0.3, 0.4) is 0 Å². The van der Waals surface area contributed by atoms with Gasteiger partial charge in [-0.1, -0.05) is 32.9 Å². The SMILES string of the molecule is COc1cccc(-c2cc(Br)nc(C(C)(C)C)n2)c1. The van der Waals surface area contributed by atoms with Crippen LogP contribution >= 0.6 is 15.9 Å². The van der Waals surface area contributed by atoms with Crippen LogP contribution in [0.5, 0.6) is 5.75 Å². The first-order valence-electron chi connectivity index (χ1n) is 6.09. The number of halogens is 1. The summed E-state index contributed by atoms with van der Waals surface area (Å²) in [6.45, 7) is 6.30. The highest BCUT2D eigenvalue weighted by Gasteiger charge is 2.19. The zero-order valence-electron chi connectivity index (χ0n) is 11.6. The fraction of sp³-hybridized carbons (Fsp3) is 0.333. The van der Waals surface area contributed by atoms with Gasteiger partial charge in [0, 0.05) is 11.0 Å². The second-order valence-electron chi connectivity index (χ2n) is 5.38. The molecule has 0 aliphatic carbocycles. The maximum atomic E-state index is 5.25. The number of nitrogens with zero attached hydrogens (tertiary/aromatic N) is 2. The van der Waals surface area contributed by atoms with E-state index in [0.717, 1.165) is 27.4 Å². The molecule has 0 saturated heterocycles. The molecular weight excluding hydrogens is 304 g/mol. The Bertz CT molecular complexity index is 591. The molecule has 4 heteroatoms. The van der Waals surface area contributed by atoms with Crippen LogP contribution in [0.15, 0.2) is 34.9 Å². The first kappa shape index (κ1) is 14.0. The summed E-state index contributed by atoms with van der Waals surface area (Å²) in [6, 6.07) is 9.79. The summed E-state index contributed by atoms with van der Waals surface area (Å²) in [5, 5.41) is 0.